The quantitative estimate of drug-likeness (QED) is 0.172. The molecule has 0 fully saturated rings. The van der Waals surface area contributed by atoms with Gasteiger partial charge in [-0.2, -0.15) is 5.26 Å². The van der Waals surface area contributed by atoms with Crippen LogP contribution in [0.3, 0.4) is 0 Å². The second kappa shape index (κ2) is 17.1. The maximum absolute atomic E-state index is 13.3. The Labute approximate surface area is 475 Å². The Hall–Kier alpha value is -11.3. The van der Waals surface area contributed by atoms with Crippen molar-refractivity contribution < 1.29 is 0 Å². The Morgan fingerprint density at radius 1 is 0.277 bits per heavy atom. The zero-order chi connectivity index (χ0) is 54.6. The van der Waals surface area contributed by atoms with Gasteiger partial charge in [0.2, 0.25) is 0 Å². The molecule has 0 amide bonds. The molecule has 0 atom stereocenters. The molecular weight excluding hydrogens is 1010 g/mol. The van der Waals surface area contributed by atoms with Crippen LogP contribution in [0.2, 0.25) is 0 Å². The molecule has 18 aromatic rings. The second-order valence-electron chi connectivity index (χ2n) is 22.1. The highest BCUT2D eigenvalue weighted by Gasteiger charge is 2.36. The monoisotopic (exact) mass is 1050 g/mol. The summed E-state index contributed by atoms with van der Waals surface area (Å²) in [5.74, 6) is 0. The third-order valence-corrected chi connectivity index (χ3v) is 17.8. The van der Waals surface area contributed by atoms with E-state index in [9.17, 15) is 5.26 Å². The molecule has 0 saturated carbocycles. The fourth-order valence-corrected chi connectivity index (χ4v) is 14.4. The maximum Gasteiger partial charge on any atom is 0.104 e. The van der Waals surface area contributed by atoms with E-state index >= 15 is 0 Å². The van der Waals surface area contributed by atoms with Gasteiger partial charge in [-0.15, -0.1) is 0 Å². The number of fused-ring (bicyclic) bond motifs is 20. The number of pyridine rings is 1. The number of para-hydroxylation sites is 4. The van der Waals surface area contributed by atoms with Crippen molar-refractivity contribution in [3.05, 3.63) is 272 Å². The van der Waals surface area contributed by atoms with Crippen molar-refractivity contribution in [2.45, 2.75) is 6.92 Å². The van der Waals surface area contributed by atoms with Crippen LogP contribution in [0.25, 0.3) is 164 Å². The van der Waals surface area contributed by atoms with Crippen LogP contribution in [-0.4, -0.2) is 23.3 Å². The third kappa shape index (κ3) is 6.17. The molecule has 0 unspecified atom stereocenters. The molecule has 6 nitrogen and oxygen atoms in total. The zero-order valence-electron chi connectivity index (χ0n) is 45.0. The Morgan fingerprint density at radius 2 is 0.590 bits per heavy atom. The Bertz CT molecular complexity index is 5920. The van der Waals surface area contributed by atoms with Crippen molar-refractivity contribution in [1.29, 1.82) is 5.26 Å². The van der Waals surface area contributed by atoms with Gasteiger partial charge in [-0.05, 0) is 64.9 Å². The van der Waals surface area contributed by atoms with Gasteiger partial charge in [0.25, 0.3) is 0 Å². The number of rotatable bonds is 5. The molecule has 0 aliphatic heterocycles. The van der Waals surface area contributed by atoms with Gasteiger partial charge in [-0.1, -0.05) is 224 Å². The minimum Gasteiger partial charge on any atom is -0.306 e. The Kier molecular flexibility index (Phi) is 9.41. The van der Waals surface area contributed by atoms with E-state index in [0.717, 1.165) is 170 Å². The third-order valence-electron chi connectivity index (χ3n) is 17.8. The van der Waals surface area contributed by atoms with Crippen molar-refractivity contribution in [1.82, 2.24) is 23.3 Å². The lowest BCUT2D eigenvalue weighted by atomic mass is 9.95. The normalized spacial score (nSPS) is 12.1. The van der Waals surface area contributed by atoms with Crippen molar-refractivity contribution >= 4 is 130 Å². The van der Waals surface area contributed by atoms with E-state index in [4.69, 9.17) is 4.98 Å². The van der Waals surface area contributed by atoms with Crippen LogP contribution < -0.4 is 0 Å². The second-order valence-corrected chi connectivity index (χ2v) is 22.1. The number of nitriles is 1. The van der Waals surface area contributed by atoms with E-state index in [1.165, 1.54) is 0 Å². The van der Waals surface area contributed by atoms with Gasteiger partial charge in [-0.25, -0.2) is 0 Å². The molecule has 0 bridgehead atoms. The molecule has 13 aromatic carbocycles. The summed E-state index contributed by atoms with van der Waals surface area (Å²) in [4.78, 5) is 5.68. The molecule has 384 valence electrons. The van der Waals surface area contributed by atoms with E-state index < -0.39 is 0 Å². The van der Waals surface area contributed by atoms with Gasteiger partial charge in [-0.3, -0.25) is 4.98 Å². The van der Waals surface area contributed by atoms with Crippen LogP contribution in [-0.2, 0) is 0 Å². The van der Waals surface area contributed by atoms with Crippen LogP contribution in [0, 0.1) is 18.3 Å². The summed E-state index contributed by atoms with van der Waals surface area (Å²) < 4.78 is 9.98. The molecule has 83 heavy (non-hydrogen) atoms. The smallest absolute Gasteiger partial charge is 0.104 e. The van der Waals surface area contributed by atoms with E-state index in [2.05, 4.69) is 292 Å². The average Bonchev–Trinajstić information content (AvgIpc) is 1.75. The molecule has 0 radical (unpaired) electrons. The fraction of sp³-hybridized carbons (Fsp3) is 0.0130. The number of aromatic nitrogens is 5. The summed E-state index contributed by atoms with van der Waals surface area (Å²) in [5, 5.41) is 30.9. The first-order valence-corrected chi connectivity index (χ1v) is 28.4. The topological polar surface area (TPSA) is 56.4 Å². The lowest BCUT2D eigenvalue weighted by Gasteiger charge is -2.29. The zero-order valence-corrected chi connectivity index (χ0v) is 45.0. The van der Waals surface area contributed by atoms with Crippen LogP contribution >= 0.6 is 0 Å². The van der Waals surface area contributed by atoms with Crippen molar-refractivity contribution in [3.8, 4) is 40.1 Å². The minimum absolute atomic E-state index is 0.505. The minimum atomic E-state index is 0.505. The summed E-state index contributed by atoms with van der Waals surface area (Å²) in [6, 6.07) is 97.8. The predicted molar refractivity (Wildman–Crippen MR) is 347 cm³/mol. The van der Waals surface area contributed by atoms with E-state index in [0.29, 0.717) is 5.56 Å². The first-order chi connectivity index (χ1) is 41.1. The molecule has 5 heterocycles. The van der Waals surface area contributed by atoms with E-state index in [1.807, 2.05) is 0 Å². The Morgan fingerprint density at radius 3 is 0.952 bits per heavy atom. The van der Waals surface area contributed by atoms with Crippen molar-refractivity contribution in [2.75, 3.05) is 0 Å². The van der Waals surface area contributed by atoms with E-state index in [1.54, 1.807) is 0 Å². The summed E-state index contributed by atoms with van der Waals surface area (Å²) in [6.45, 7) is 2.08. The number of hydrogen-bond acceptors (Lipinski definition) is 2. The van der Waals surface area contributed by atoms with Gasteiger partial charge < -0.3 is 18.3 Å². The number of aryl methyl sites for hydroxylation is 1. The first-order valence-electron chi connectivity index (χ1n) is 28.4. The predicted octanol–water partition coefficient (Wildman–Crippen LogP) is 19.9. The van der Waals surface area contributed by atoms with Crippen LogP contribution in [0.15, 0.2) is 261 Å². The van der Waals surface area contributed by atoms with Crippen molar-refractivity contribution in [2.24, 2.45) is 0 Å². The highest BCUT2D eigenvalue weighted by molar-refractivity contribution is 6.25. The molecule has 0 saturated heterocycles. The molecular formula is C77H46N6. The fourth-order valence-electron chi connectivity index (χ4n) is 14.4. The summed E-state index contributed by atoms with van der Waals surface area (Å²) in [6.07, 6.45) is 0. The molecule has 0 aliphatic carbocycles. The Balaban J connectivity index is 1.25. The maximum atomic E-state index is 13.3. The molecule has 6 heteroatoms. The van der Waals surface area contributed by atoms with Gasteiger partial charge in [0.15, 0.2) is 0 Å². The first kappa shape index (κ1) is 45.6. The lowest BCUT2D eigenvalue weighted by molar-refractivity contribution is 1.03. The molecule has 18 rings (SSSR count). The summed E-state index contributed by atoms with van der Waals surface area (Å²) >= 11 is 0. The van der Waals surface area contributed by atoms with Gasteiger partial charge in [0.05, 0.1) is 78.1 Å². The largest absolute Gasteiger partial charge is 0.306 e. The van der Waals surface area contributed by atoms with Crippen LogP contribution in [0.4, 0.5) is 0 Å². The summed E-state index contributed by atoms with van der Waals surface area (Å²) in [5.41, 5.74) is 14.3. The SMILES string of the molecule is Cc1cccc(-c2c(-n3c4ccccc4c4ccc5ccccc5c43)c(C#N)c(-n3c4ccccc4c4ccc5ccccc5c43)c(-n3c4ccccc4c4ccc5ccccc5c43)c2-n2c3ccccc3c3ccc4ccccc4c32)n1. The summed E-state index contributed by atoms with van der Waals surface area (Å²) in [7, 11) is 0. The van der Waals surface area contributed by atoms with E-state index in [-0.39, 0.29) is 0 Å². The van der Waals surface area contributed by atoms with Gasteiger partial charge in [0.1, 0.15) is 11.6 Å². The number of benzene rings is 13. The average molecular weight is 1060 g/mol. The van der Waals surface area contributed by atoms with Gasteiger partial charge >= 0.3 is 0 Å². The highest BCUT2D eigenvalue weighted by Crippen LogP contribution is 2.53. The van der Waals surface area contributed by atoms with Crippen LogP contribution in [0.1, 0.15) is 11.3 Å². The molecule has 0 N–H and O–H groups in total. The standard InChI is InChI=1S/C77H46N6/c1-46-19-18-32-64(79-46)69-74(80-65-33-14-10-28-55(65)59-41-37-47-20-2-6-24-51(47)70(59)80)63(45-78)75(81-66-34-15-11-29-56(66)60-42-38-48-21-3-7-25-52(48)71(60)81)77(83-68-36-17-13-31-58(68)62-44-40-50-23-5-9-27-54(50)73(62)83)76(69)82-67-35-16-12-30-57(67)61-43-39-49-22-4-8-26-53(49)72(61)82/h2-44H,1H3. The number of hydrogen-bond donors (Lipinski definition) is 0. The van der Waals surface area contributed by atoms with Crippen molar-refractivity contribution in [3.63, 3.8) is 0 Å². The molecule has 0 spiro atoms. The molecule has 0 aliphatic rings. The lowest BCUT2D eigenvalue weighted by Crippen LogP contribution is -2.17. The van der Waals surface area contributed by atoms with Crippen LogP contribution in [0.5, 0.6) is 0 Å². The van der Waals surface area contributed by atoms with Gasteiger partial charge in [0, 0.05) is 70.3 Å². The highest BCUT2D eigenvalue weighted by atomic mass is 15.1. The molecule has 5 aromatic heterocycles. The number of nitrogens with zero attached hydrogens (tertiary/aromatic N) is 6.